The van der Waals surface area contributed by atoms with Crippen molar-refractivity contribution in [2.75, 3.05) is 6.61 Å². The molecule has 6 nitrogen and oxygen atoms in total. The first-order valence-electron chi connectivity index (χ1n) is 7.37. The average molecular weight is 397 g/mol. The highest BCUT2D eigenvalue weighted by molar-refractivity contribution is 9.10. The maximum Gasteiger partial charge on any atom is 0.277 e. The summed E-state index contributed by atoms with van der Waals surface area (Å²) in [6, 6.07) is 14.4. The molecule has 0 fully saturated rings. The predicted molar refractivity (Wildman–Crippen MR) is 98.4 cm³/mol. The fraction of sp³-hybridized carbons (Fsp3) is 0.0556. The Hall–Kier alpha value is -3.11. The molecule has 0 aliphatic heterocycles. The first-order valence-corrected chi connectivity index (χ1v) is 8.16. The number of halogens is 1. The second-order valence-corrected chi connectivity index (χ2v) is 6.07. The van der Waals surface area contributed by atoms with Crippen LogP contribution >= 0.6 is 15.9 Å². The maximum absolute atomic E-state index is 11.8. The summed E-state index contributed by atoms with van der Waals surface area (Å²) in [6.45, 7) is -0.164. The third-order valence-electron chi connectivity index (χ3n) is 3.42. The molecule has 25 heavy (non-hydrogen) atoms. The number of carbonyl (C=O) groups is 1. The average Bonchev–Trinajstić information content (AvgIpc) is 3.02. The van der Waals surface area contributed by atoms with Gasteiger partial charge in [0.05, 0.1) is 17.8 Å². The normalized spacial score (nSPS) is 10.7. The van der Waals surface area contributed by atoms with E-state index in [-0.39, 0.29) is 12.5 Å². The molecule has 2 N–H and O–H groups in total. The van der Waals surface area contributed by atoms with Crippen molar-refractivity contribution in [3.05, 3.63) is 64.3 Å². The number of H-pyrrole nitrogens is 1. The Morgan fingerprint density at radius 1 is 1.32 bits per heavy atom. The predicted octanol–water partition coefficient (Wildman–Crippen LogP) is 3.33. The Labute approximate surface area is 152 Å². The van der Waals surface area contributed by atoms with Crippen LogP contribution in [0.15, 0.2) is 58.2 Å². The molecule has 0 aliphatic rings. The van der Waals surface area contributed by atoms with Crippen LogP contribution in [-0.4, -0.2) is 23.7 Å². The molecule has 1 amide bonds. The molecule has 2 aromatic carbocycles. The second kappa shape index (κ2) is 7.64. The van der Waals surface area contributed by atoms with Crippen LogP contribution in [0.2, 0.25) is 0 Å². The van der Waals surface area contributed by atoms with Crippen LogP contribution in [0.25, 0.3) is 10.9 Å². The fourth-order valence-corrected chi connectivity index (χ4v) is 2.56. The zero-order valence-corrected chi connectivity index (χ0v) is 14.6. The smallest absolute Gasteiger partial charge is 0.277 e. The molecule has 0 aliphatic carbocycles. The van der Waals surface area contributed by atoms with Gasteiger partial charge in [0.2, 0.25) is 0 Å². The van der Waals surface area contributed by atoms with Gasteiger partial charge in [-0.1, -0.05) is 15.9 Å². The summed E-state index contributed by atoms with van der Waals surface area (Å²) in [4.78, 5) is 14.9. The number of hydrogen-bond donors (Lipinski definition) is 2. The number of carbonyl (C=O) groups excluding carboxylic acids is 1. The molecule has 3 aromatic rings. The van der Waals surface area contributed by atoms with Crippen molar-refractivity contribution in [1.29, 1.82) is 5.26 Å². The molecule has 0 saturated heterocycles. The Morgan fingerprint density at radius 3 is 2.88 bits per heavy atom. The molecule has 3 rings (SSSR count). The number of aromatic nitrogens is 1. The minimum absolute atomic E-state index is 0.164. The lowest BCUT2D eigenvalue weighted by atomic mass is 10.2. The van der Waals surface area contributed by atoms with Gasteiger partial charge in [0.25, 0.3) is 5.91 Å². The number of fused-ring (bicyclic) bond motifs is 1. The van der Waals surface area contributed by atoms with Crippen LogP contribution in [0.3, 0.4) is 0 Å². The molecule has 1 heterocycles. The molecule has 0 radical (unpaired) electrons. The molecule has 0 bridgehead atoms. The Morgan fingerprint density at radius 2 is 2.12 bits per heavy atom. The van der Waals surface area contributed by atoms with E-state index < -0.39 is 0 Å². The fourth-order valence-electron chi connectivity index (χ4n) is 2.20. The Kier molecular flexibility index (Phi) is 5.11. The highest BCUT2D eigenvalue weighted by Crippen LogP contribution is 2.21. The van der Waals surface area contributed by atoms with Crippen molar-refractivity contribution in [2.24, 2.45) is 5.10 Å². The van der Waals surface area contributed by atoms with Gasteiger partial charge in [-0.3, -0.25) is 4.79 Å². The number of amides is 1. The van der Waals surface area contributed by atoms with Crippen LogP contribution < -0.4 is 10.2 Å². The first kappa shape index (κ1) is 16.7. The van der Waals surface area contributed by atoms with Gasteiger partial charge in [-0.05, 0) is 42.5 Å². The zero-order chi connectivity index (χ0) is 17.6. The molecule has 0 spiro atoms. The third kappa shape index (κ3) is 4.25. The molecule has 0 saturated carbocycles. The lowest BCUT2D eigenvalue weighted by Crippen LogP contribution is -2.24. The quantitative estimate of drug-likeness (QED) is 0.511. The van der Waals surface area contributed by atoms with Crippen LogP contribution in [0.4, 0.5) is 0 Å². The monoisotopic (exact) mass is 396 g/mol. The number of ether oxygens (including phenoxy) is 1. The van der Waals surface area contributed by atoms with Crippen LogP contribution in [-0.2, 0) is 4.79 Å². The number of benzene rings is 2. The van der Waals surface area contributed by atoms with E-state index in [1.807, 2.05) is 30.5 Å². The van der Waals surface area contributed by atoms with E-state index in [0.29, 0.717) is 11.3 Å². The minimum atomic E-state index is -0.373. The summed E-state index contributed by atoms with van der Waals surface area (Å²) in [5.74, 6) is 0.140. The van der Waals surface area contributed by atoms with Crippen LogP contribution in [0.5, 0.6) is 5.75 Å². The Bertz CT molecular complexity index is 971. The number of nitrogens with zero attached hydrogens (tertiary/aromatic N) is 2. The molecule has 124 valence electrons. The minimum Gasteiger partial charge on any atom is -0.484 e. The molecule has 0 unspecified atom stereocenters. The Balaban J connectivity index is 1.55. The van der Waals surface area contributed by atoms with Gasteiger partial charge in [-0.15, -0.1) is 0 Å². The summed E-state index contributed by atoms with van der Waals surface area (Å²) >= 11 is 3.43. The van der Waals surface area contributed by atoms with Gasteiger partial charge in [0, 0.05) is 27.1 Å². The number of hydrogen-bond acceptors (Lipinski definition) is 4. The number of nitrogens with one attached hydrogen (secondary N) is 2. The second-order valence-electron chi connectivity index (χ2n) is 5.15. The number of rotatable bonds is 5. The lowest BCUT2D eigenvalue weighted by molar-refractivity contribution is -0.123. The van der Waals surface area contributed by atoms with Gasteiger partial charge < -0.3 is 9.72 Å². The standard InChI is InChI=1S/C18H13BrN4O2/c19-14-3-6-17-16(7-14)13(9-21-17)10-22-23-18(24)11-25-15-4-1-12(8-20)2-5-15/h1-7,9-10,21H,11H2,(H,23,24)/b22-10-. The van der Waals surface area contributed by atoms with Crippen molar-refractivity contribution in [1.82, 2.24) is 10.4 Å². The van der Waals surface area contributed by atoms with Crippen LogP contribution in [0.1, 0.15) is 11.1 Å². The number of aromatic amines is 1. The number of hydrazone groups is 1. The van der Waals surface area contributed by atoms with Crippen LogP contribution in [0, 0.1) is 11.3 Å². The van der Waals surface area contributed by atoms with Crippen molar-refractivity contribution in [2.45, 2.75) is 0 Å². The van der Waals surface area contributed by atoms with E-state index in [0.717, 1.165) is 20.9 Å². The van der Waals surface area contributed by atoms with Gasteiger partial charge in [0.15, 0.2) is 6.61 Å². The van der Waals surface area contributed by atoms with E-state index in [4.69, 9.17) is 10.00 Å². The van der Waals surface area contributed by atoms with Crippen molar-refractivity contribution in [3.8, 4) is 11.8 Å². The molecule has 0 atom stereocenters. The topological polar surface area (TPSA) is 90.3 Å². The zero-order valence-electron chi connectivity index (χ0n) is 13.0. The summed E-state index contributed by atoms with van der Waals surface area (Å²) in [5.41, 5.74) is 4.81. The molecule has 1 aromatic heterocycles. The van der Waals surface area contributed by atoms with E-state index in [9.17, 15) is 4.79 Å². The summed E-state index contributed by atoms with van der Waals surface area (Å²) in [5, 5.41) is 13.7. The highest BCUT2D eigenvalue weighted by atomic mass is 79.9. The van der Waals surface area contributed by atoms with E-state index >= 15 is 0 Å². The first-order chi connectivity index (χ1) is 12.2. The number of nitriles is 1. The molecule has 7 heteroatoms. The maximum atomic E-state index is 11.8. The molecular weight excluding hydrogens is 384 g/mol. The lowest BCUT2D eigenvalue weighted by Gasteiger charge is -2.04. The van der Waals surface area contributed by atoms with E-state index in [2.05, 4.69) is 31.4 Å². The molecular formula is C18H13BrN4O2. The van der Waals surface area contributed by atoms with Gasteiger partial charge in [-0.2, -0.15) is 10.4 Å². The summed E-state index contributed by atoms with van der Waals surface area (Å²) in [7, 11) is 0. The van der Waals surface area contributed by atoms with E-state index in [1.165, 1.54) is 0 Å². The van der Waals surface area contributed by atoms with Crippen molar-refractivity contribution in [3.63, 3.8) is 0 Å². The van der Waals surface area contributed by atoms with Crippen molar-refractivity contribution < 1.29 is 9.53 Å². The van der Waals surface area contributed by atoms with Gasteiger partial charge in [0.1, 0.15) is 5.75 Å². The SMILES string of the molecule is N#Cc1ccc(OCC(=O)N/N=C\c2c[nH]c3ccc(Br)cc23)cc1. The highest BCUT2D eigenvalue weighted by Gasteiger charge is 2.04. The largest absolute Gasteiger partial charge is 0.484 e. The van der Waals surface area contributed by atoms with Gasteiger partial charge >= 0.3 is 0 Å². The van der Waals surface area contributed by atoms with Gasteiger partial charge in [-0.25, -0.2) is 5.43 Å². The van der Waals surface area contributed by atoms with Crippen molar-refractivity contribution >= 4 is 39.0 Å². The summed E-state index contributed by atoms with van der Waals surface area (Å²) in [6.07, 6.45) is 3.39. The van der Waals surface area contributed by atoms with E-state index in [1.54, 1.807) is 30.5 Å². The summed E-state index contributed by atoms with van der Waals surface area (Å²) < 4.78 is 6.30. The third-order valence-corrected chi connectivity index (χ3v) is 3.92.